The summed E-state index contributed by atoms with van der Waals surface area (Å²) in [4.78, 5) is 32.2. The van der Waals surface area contributed by atoms with Crippen molar-refractivity contribution in [2.45, 2.75) is 79.4 Å². The molecule has 1 aliphatic rings. The van der Waals surface area contributed by atoms with E-state index in [2.05, 4.69) is 10.6 Å². The van der Waals surface area contributed by atoms with Crippen LogP contribution in [0.3, 0.4) is 0 Å². The molecule has 0 bridgehead atoms. The quantitative estimate of drug-likeness (QED) is 0.297. The van der Waals surface area contributed by atoms with Crippen molar-refractivity contribution in [2.75, 3.05) is 23.3 Å². The number of aryl methyl sites for hydroxylation is 1. The maximum Gasteiger partial charge on any atom is 0.414 e. The van der Waals surface area contributed by atoms with Crippen LogP contribution in [0.4, 0.5) is 32.3 Å². The summed E-state index contributed by atoms with van der Waals surface area (Å²) in [7, 11) is 0. The van der Waals surface area contributed by atoms with Crippen molar-refractivity contribution < 1.29 is 19.1 Å². The Morgan fingerprint density at radius 1 is 1.00 bits per heavy atom. The zero-order valence-electron chi connectivity index (χ0n) is 26.1. The Labute approximate surface area is 249 Å². The topological polar surface area (TPSA) is 118 Å². The average molecular weight is 576 g/mol. The first-order chi connectivity index (χ1) is 19.6. The maximum atomic E-state index is 13.3. The number of allylic oxidation sites excluding steroid dienone is 3. The number of nitrogens with zero attached hydrogens (tertiary/aromatic N) is 2. The van der Waals surface area contributed by atoms with Gasteiger partial charge in [0.1, 0.15) is 11.2 Å². The van der Waals surface area contributed by atoms with E-state index in [0.717, 1.165) is 39.6 Å². The Kier molecular flexibility index (Phi) is 10.6. The monoisotopic (exact) mass is 575 g/mol. The van der Waals surface area contributed by atoms with E-state index in [1.807, 2.05) is 110 Å². The number of nitrogens with one attached hydrogen (secondary N) is 2. The number of alkyl carbamates (subject to hydrolysis) is 1. The van der Waals surface area contributed by atoms with Gasteiger partial charge in [0, 0.05) is 30.1 Å². The third-order valence-corrected chi connectivity index (χ3v) is 6.08. The minimum atomic E-state index is -0.640. The van der Waals surface area contributed by atoms with Crippen molar-refractivity contribution >= 4 is 40.6 Å². The van der Waals surface area contributed by atoms with E-state index >= 15 is 0 Å². The first-order valence-corrected chi connectivity index (χ1v) is 14.3. The summed E-state index contributed by atoms with van der Waals surface area (Å²) in [6.07, 6.45) is 4.11. The third kappa shape index (κ3) is 9.76. The Morgan fingerprint density at radius 2 is 1.67 bits per heavy atom. The van der Waals surface area contributed by atoms with E-state index < -0.39 is 23.4 Å². The van der Waals surface area contributed by atoms with Gasteiger partial charge in [-0.1, -0.05) is 24.3 Å². The van der Waals surface area contributed by atoms with Gasteiger partial charge in [-0.2, -0.15) is 0 Å². The number of benzene rings is 2. The van der Waals surface area contributed by atoms with Gasteiger partial charge in [0.2, 0.25) is 0 Å². The van der Waals surface area contributed by atoms with Crippen LogP contribution in [0.1, 0.15) is 66.9 Å². The first kappa shape index (κ1) is 32.4. The molecule has 0 heterocycles. The molecule has 9 heteroatoms. The second-order valence-electron chi connectivity index (χ2n) is 12.3. The van der Waals surface area contributed by atoms with E-state index in [1.165, 1.54) is 0 Å². The van der Waals surface area contributed by atoms with Crippen molar-refractivity contribution in [3.8, 4) is 0 Å². The van der Waals surface area contributed by atoms with Crippen LogP contribution in [-0.2, 0) is 9.47 Å². The van der Waals surface area contributed by atoms with Gasteiger partial charge in [-0.15, -0.1) is 0 Å². The third-order valence-electron chi connectivity index (χ3n) is 6.08. The average Bonchev–Trinajstić information content (AvgIpc) is 2.86. The SMILES string of the molecule is CC1=CC(=Nc2cc(C)c(N(CCCN)C(=O)OC(C)(C)C)cc2Nc2ccccc2)CC=C1NC(=O)OC(C)(C)C. The van der Waals surface area contributed by atoms with E-state index in [4.69, 9.17) is 20.2 Å². The van der Waals surface area contributed by atoms with E-state index in [1.54, 1.807) is 4.90 Å². The number of ether oxygens (including phenoxy) is 2. The minimum Gasteiger partial charge on any atom is -0.444 e. The van der Waals surface area contributed by atoms with Gasteiger partial charge in [-0.05, 0) is 110 Å². The van der Waals surface area contributed by atoms with Gasteiger partial charge < -0.3 is 20.5 Å². The Hall–Kier alpha value is -4.11. The minimum absolute atomic E-state index is 0.422. The van der Waals surface area contributed by atoms with Crippen LogP contribution in [0.5, 0.6) is 0 Å². The maximum absolute atomic E-state index is 13.3. The van der Waals surface area contributed by atoms with Crippen molar-refractivity contribution in [1.29, 1.82) is 0 Å². The number of rotatable bonds is 8. The fraction of sp³-hybridized carbons (Fsp3) is 0.424. The summed E-state index contributed by atoms with van der Waals surface area (Å²) in [5.41, 5.74) is 10.9. The van der Waals surface area contributed by atoms with E-state index in [9.17, 15) is 9.59 Å². The molecule has 226 valence electrons. The summed E-state index contributed by atoms with van der Waals surface area (Å²) in [6, 6.07) is 13.7. The highest BCUT2D eigenvalue weighted by molar-refractivity contribution is 6.01. The zero-order valence-corrected chi connectivity index (χ0v) is 26.1. The lowest BCUT2D eigenvalue weighted by Gasteiger charge is -2.29. The molecule has 9 nitrogen and oxygen atoms in total. The number of hydrogen-bond acceptors (Lipinski definition) is 7. The lowest BCUT2D eigenvalue weighted by molar-refractivity contribution is 0.0543. The van der Waals surface area contributed by atoms with Gasteiger partial charge in [0.05, 0.1) is 17.1 Å². The van der Waals surface area contributed by atoms with Crippen molar-refractivity contribution in [3.63, 3.8) is 0 Å². The van der Waals surface area contributed by atoms with Gasteiger partial charge in [-0.25, -0.2) is 9.59 Å². The van der Waals surface area contributed by atoms with Crippen LogP contribution in [0.2, 0.25) is 0 Å². The van der Waals surface area contributed by atoms with Gasteiger partial charge in [-0.3, -0.25) is 15.2 Å². The van der Waals surface area contributed by atoms with E-state index in [0.29, 0.717) is 31.6 Å². The molecule has 0 saturated carbocycles. The molecule has 0 aromatic heterocycles. The molecule has 0 spiro atoms. The number of nitrogens with two attached hydrogens (primary N) is 1. The highest BCUT2D eigenvalue weighted by Gasteiger charge is 2.25. The van der Waals surface area contributed by atoms with Crippen LogP contribution >= 0.6 is 0 Å². The largest absolute Gasteiger partial charge is 0.444 e. The molecule has 3 rings (SSSR count). The lowest BCUT2D eigenvalue weighted by atomic mass is 10.0. The smallest absolute Gasteiger partial charge is 0.414 e. The number of aliphatic imine (C=N–C) groups is 1. The normalized spacial score (nSPS) is 14.5. The summed E-state index contributed by atoms with van der Waals surface area (Å²) < 4.78 is 11.1. The molecule has 2 amide bonds. The Balaban J connectivity index is 1.99. The molecule has 2 aromatic rings. The Morgan fingerprint density at radius 3 is 2.26 bits per heavy atom. The number of anilines is 3. The number of amides is 2. The lowest BCUT2D eigenvalue weighted by Crippen LogP contribution is -2.38. The summed E-state index contributed by atoms with van der Waals surface area (Å²) >= 11 is 0. The van der Waals surface area contributed by atoms with Gasteiger partial charge >= 0.3 is 12.2 Å². The molecule has 2 aromatic carbocycles. The predicted molar refractivity (Wildman–Crippen MR) is 171 cm³/mol. The Bertz CT molecular complexity index is 1370. The highest BCUT2D eigenvalue weighted by atomic mass is 16.6. The summed E-state index contributed by atoms with van der Waals surface area (Å²) in [5.74, 6) is 0. The first-order valence-electron chi connectivity index (χ1n) is 14.3. The van der Waals surface area contributed by atoms with Crippen LogP contribution in [0.15, 0.2) is 70.9 Å². The van der Waals surface area contributed by atoms with Gasteiger partial charge in [0.15, 0.2) is 0 Å². The van der Waals surface area contributed by atoms with Crippen molar-refractivity contribution in [3.05, 3.63) is 71.5 Å². The molecule has 0 atom stereocenters. The van der Waals surface area contributed by atoms with Crippen molar-refractivity contribution in [1.82, 2.24) is 5.32 Å². The molecule has 0 unspecified atom stereocenters. The second kappa shape index (κ2) is 13.7. The fourth-order valence-electron chi connectivity index (χ4n) is 4.27. The van der Waals surface area contributed by atoms with Crippen LogP contribution in [-0.4, -0.2) is 42.2 Å². The number of para-hydroxylation sites is 1. The zero-order chi connectivity index (χ0) is 31.1. The number of carbonyl (C=O) groups is 2. The number of carbonyl (C=O) groups excluding carboxylic acids is 2. The standard InChI is InChI=1S/C33H45N5O4/c1-22-19-25(15-16-26(22)37-30(39)41-32(3,4)5)36-27-20-23(2)29(21-28(27)35-24-13-10-9-11-14-24)38(18-12-17-34)31(40)42-33(6,7)8/h9-11,13-14,16,19-21,35H,12,15,17-18,34H2,1-8H3,(H,37,39). The molecule has 4 N–H and O–H groups in total. The fourth-order valence-corrected chi connectivity index (χ4v) is 4.27. The summed E-state index contributed by atoms with van der Waals surface area (Å²) in [6.45, 7) is 15.8. The van der Waals surface area contributed by atoms with Crippen LogP contribution in [0.25, 0.3) is 0 Å². The van der Waals surface area contributed by atoms with Crippen LogP contribution < -0.4 is 21.3 Å². The molecular formula is C33H45N5O4. The predicted octanol–water partition coefficient (Wildman–Crippen LogP) is 7.66. The highest BCUT2D eigenvalue weighted by Crippen LogP contribution is 2.37. The second-order valence-corrected chi connectivity index (χ2v) is 12.3. The number of hydrogen-bond donors (Lipinski definition) is 3. The molecule has 42 heavy (non-hydrogen) atoms. The summed E-state index contributed by atoms with van der Waals surface area (Å²) in [5, 5.41) is 6.31. The molecular weight excluding hydrogens is 530 g/mol. The van der Waals surface area contributed by atoms with Gasteiger partial charge in [0.25, 0.3) is 0 Å². The molecule has 0 fully saturated rings. The molecule has 0 aliphatic heterocycles. The molecule has 0 radical (unpaired) electrons. The van der Waals surface area contributed by atoms with Crippen molar-refractivity contribution in [2.24, 2.45) is 10.7 Å². The molecule has 1 aliphatic carbocycles. The van der Waals surface area contributed by atoms with Crippen LogP contribution in [0, 0.1) is 6.92 Å². The molecule has 0 saturated heterocycles. The van der Waals surface area contributed by atoms with E-state index in [-0.39, 0.29) is 0 Å².